The Balaban J connectivity index is 1.87. The molecule has 1 unspecified atom stereocenters. The predicted octanol–water partition coefficient (Wildman–Crippen LogP) is 3.89. The summed E-state index contributed by atoms with van der Waals surface area (Å²) in [4.78, 5) is 16.6. The average Bonchev–Trinajstić information content (AvgIpc) is 2.81. The molecule has 0 saturated carbocycles. The Morgan fingerprint density at radius 3 is 2.73 bits per heavy atom. The topological polar surface area (TPSA) is 23.6 Å². The van der Waals surface area contributed by atoms with E-state index in [1.54, 1.807) is 4.90 Å². The lowest BCUT2D eigenvalue weighted by Crippen LogP contribution is -2.38. The van der Waals surface area contributed by atoms with E-state index in [4.69, 9.17) is 23.8 Å². The van der Waals surface area contributed by atoms with Gasteiger partial charge < -0.3 is 4.90 Å². The molecular formula is C16H13ClN2OS2. The van der Waals surface area contributed by atoms with Crippen LogP contribution in [0, 0.1) is 0 Å². The van der Waals surface area contributed by atoms with Crippen LogP contribution in [-0.2, 0) is 4.79 Å². The van der Waals surface area contributed by atoms with Crippen LogP contribution in [-0.4, -0.2) is 33.6 Å². The lowest BCUT2D eigenvalue weighted by Gasteiger charge is -2.27. The van der Waals surface area contributed by atoms with Crippen molar-refractivity contribution in [2.75, 3.05) is 16.5 Å². The summed E-state index contributed by atoms with van der Waals surface area (Å²) in [5.41, 5.74) is 0.828. The molecule has 2 aromatic carbocycles. The van der Waals surface area contributed by atoms with E-state index in [2.05, 4.69) is 0 Å². The first kappa shape index (κ1) is 14.3. The number of hydrogen-bond acceptors (Lipinski definition) is 3. The maximum Gasteiger partial charge on any atom is 0.256 e. The van der Waals surface area contributed by atoms with Crippen LogP contribution in [0.3, 0.4) is 0 Å². The number of carbonyl (C=O) groups is 1. The van der Waals surface area contributed by atoms with Gasteiger partial charge in [0.25, 0.3) is 5.91 Å². The minimum Gasteiger partial charge on any atom is -0.327 e. The molecule has 0 radical (unpaired) electrons. The van der Waals surface area contributed by atoms with E-state index in [0.717, 1.165) is 34.5 Å². The number of thiocarbonyl (C=S) groups is 1. The van der Waals surface area contributed by atoms with Gasteiger partial charge in [-0.25, -0.2) is 0 Å². The molecule has 0 bridgehead atoms. The number of anilines is 1. The Hall–Kier alpha value is -1.30. The number of carbonyl (C=O) groups excluding carboxylic acids is 1. The molecule has 22 heavy (non-hydrogen) atoms. The van der Waals surface area contributed by atoms with Crippen LogP contribution in [0.1, 0.15) is 6.42 Å². The molecule has 2 heterocycles. The van der Waals surface area contributed by atoms with Crippen LogP contribution in [0.4, 0.5) is 5.69 Å². The van der Waals surface area contributed by atoms with E-state index in [0.29, 0.717) is 10.1 Å². The molecule has 1 atom stereocenters. The van der Waals surface area contributed by atoms with Crippen molar-refractivity contribution < 1.29 is 4.79 Å². The first-order valence-corrected chi connectivity index (χ1v) is 9.02. The summed E-state index contributed by atoms with van der Waals surface area (Å²) in [5.74, 6) is 1.87. The van der Waals surface area contributed by atoms with Crippen molar-refractivity contribution in [1.82, 2.24) is 4.90 Å². The highest BCUT2D eigenvalue weighted by atomic mass is 35.5. The number of benzene rings is 2. The van der Waals surface area contributed by atoms with Gasteiger partial charge in [-0.1, -0.05) is 35.9 Å². The summed E-state index contributed by atoms with van der Waals surface area (Å²) >= 11 is 13.7. The molecule has 2 fully saturated rings. The second kappa shape index (κ2) is 5.41. The minimum absolute atomic E-state index is 0.0813. The van der Waals surface area contributed by atoms with Crippen LogP contribution in [0.25, 0.3) is 10.8 Å². The van der Waals surface area contributed by atoms with Gasteiger partial charge in [-0.3, -0.25) is 9.69 Å². The fourth-order valence-corrected chi connectivity index (χ4v) is 4.79. The normalized spacial score (nSPS) is 21.6. The highest BCUT2D eigenvalue weighted by Crippen LogP contribution is 2.37. The van der Waals surface area contributed by atoms with Crippen molar-refractivity contribution in [3.05, 3.63) is 41.4 Å². The molecule has 2 saturated heterocycles. The Kier molecular flexibility index (Phi) is 3.51. The largest absolute Gasteiger partial charge is 0.327 e. The van der Waals surface area contributed by atoms with Crippen LogP contribution in [0.2, 0.25) is 5.02 Å². The summed E-state index contributed by atoms with van der Waals surface area (Å²) in [6.45, 7) is 0. The highest BCUT2D eigenvalue weighted by Gasteiger charge is 2.44. The number of hydrogen-bond donors (Lipinski definition) is 0. The van der Waals surface area contributed by atoms with Crippen molar-refractivity contribution in [3.8, 4) is 0 Å². The van der Waals surface area contributed by atoms with Gasteiger partial charge >= 0.3 is 0 Å². The lowest BCUT2D eigenvalue weighted by molar-refractivity contribution is -0.119. The Bertz CT molecular complexity index is 771. The van der Waals surface area contributed by atoms with Gasteiger partial charge in [0.15, 0.2) is 5.11 Å². The molecule has 0 aromatic heterocycles. The first-order valence-electron chi connectivity index (χ1n) is 7.08. The monoisotopic (exact) mass is 348 g/mol. The van der Waals surface area contributed by atoms with Crippen LogP contribution < -0.4 is 4.90 Å². The number of halogens is 1. The fourth-order valence-electron chi connectivity index (χ4n) is 3.08. The first-order chi connectivity index (χ1) is 10.7. The number of thioether (sulfide) groups is 1. The zero-order valence-corrected chi connectivity index (χ0v) is 14.0. The van der Waals surface area contributed by atoms with Crippen molar-refractivity contribution in [2.45, 2.75) is 12.5 Å². The van der Waals surface area contributed by atoms with Gasteiger partial charge in [-0.05, 0) is 36.5 Å². The predicted molar refractivity (Wildman–Crippen MR) is 96.6 cm³/mol. The zero-order chi connectivity index (χ0) is 15.3. The van der Waals surface area contributed by atoms with Crippen LogP contribution >= 0.6 is 35.6 Å². The Morgan fingerprint density at radius 1 is 1.18 bits per heavy atom. The van der Waals surface area contributed by atoms with Gasteiger partial charge in [0.2, 0.25) is 0 Å². The maximum absolute atomic E-state index is 12.8. The molecular weight excluding hydrogens is 336 g/mol. The van der Waals surface area contributed by atoms with E-state index < -0.39 is 0 Å². The van der Waals surface area contributed by atoms with Gasteiger partial charge in [-0.2, -0.15) is 0 Å². The third-order valence-electron chi connectivity index (χ3n) is 4.17. The quantitative estimate of drug-likeness (QED) is 0.729. The molecule has 0 spiro atoms. The fraction of sp³-hybridized carbons (Fsp3) is 0.250. The van der Waals surface area contributed by atoms with Crippen molar-refractivity contribution in [2.24, 2.45) is 0 Å². The molecule has 2 aromatic rings. The van der Waals surface area contributed by atoms with E-state index in [-0.39, 0.29) is 11.9 Å². The minimum atomic E-state index is -0.108. The van der Waals surface area contributed by atoms with Gasteiger partial charge in [0.1, 0.15) is 6.04 Å². The van der Waals surface area contributed by atoms with Crippen molar-refractivity contribution >= 4 is 63.1 Å². The van der Waals surface area contributed by atoms with Gasteiger partial charge in [0, 0.05) is 15.8 Å². The number of amides is 1. The number of rotatable bonds is 1. The summed E-state index contributed by atoms with van der Waals surface area (Å²) in [6, 6.07) is 11.5. The molecule has 2 aliphatic rings. The standard InChI is InChI=1S/C16H13ClN2OS2/c17-12-5-6-13(11-4-2-1-3-10(11)12)19-15(20)14-7-8-22-9-18(14)16(19)21/h1-6,14H,7-9H2. The molecule has 0 N–H and O–H groups in total. The third kappa shape index (κ3) is 2.03. The van der Waals surface area contributed by atoms with Gasteiger partial charge in [0.05, 0.1) is 11.6 Å². The molecule has 2 aliphatic heterocycles. The third-order valence-corrected chi connectivity index (χ3v) is 5.91. The maximum atomic E-state index is 12.8. The lowest BCUT2D eigenvalue weighted by atomic mass is 10.1. The summed E-state index contributed by atoms with van der Waals surface area (Å²) in [6.07, 6.45) is 0.853. The highest BCUT2D eigenvalue weighted by molar-refractivity contribution is 7.99. The van der Waals surface area contributed by atoms with Crippen molar-refractivity contribution in [3.63, 3.8) is 0 Å². The van der Waals surface area contributed by atoms with Crippen LogP contribution in [0.5, 0.6) is 0 Å². The Morgan fingerprint density at radius 2 is 1.95 bits per heavy atom. The van der Waals surface area contributed by atoms with Gasteiger partial charge in [-0.15, -0.1) is 11.8 Å². The number of fused-ring (bicyclic) bond motifs is 2. The van der Waals surface area contributed by atoms with Crippen molar-refractivity contribution in [1.29, 1.82) is 0 Å². The Labute approximate surface area is 143 Å². The molecule has 3 nitrogen and oxygen atoms in total. The molecule has 112 valence electrons. The summed E-state index contributed by atoms with van der Waals surface area (Å²) in [7, 11) is 0. The van der Waals surface area contributed by atoms with Crippen LogP contribution in [0.15, 0.2) is 36.4 Å². The zero-order valence-electron chi connectivity index (χ0n) is 11.7. The smallest absolute Gasteiger partial charge is 0.256 e. The molecule has 1 amide bonds. The molecule has 6 heteroatoms. The molecule has 0 aliphatic carbocycles. The average molecular weight is 349 g/mol. The van der Waals surface area contributed by atoms with E-state index in [9.17, 15) is 4.79 Å². The second-order valence-electron chi connectivity index (χ2n) is 5.38. The van der Waals surface area contributed by atoms with E-state index in [1.807, 2.05) is 53.1 Å². The molecule has 4 rings (SSSR count). The SMILES string of the molecule is O=C1C2CCSCN2C(=S)N1c1ccc(Cl)c2ccccc12. The second-order valence-corrected chi connectivity index (χ2v) is 7.23. The summed E-state index contributed by atoms with van der Waals surface area (Å²) in [5, 5.41) is 3.19. The van der Waals surface area contributed by atoms with E-state index >= 15 is 0 Å². The van der Waals surface area contributed by atoms with E-state index in [1.165, 1.54) is 0 Å². The number of nitrogens with zero attached hydrogens (tertiary/aromatic N) is 2. The summed E-state index contributed by atoms with van der Waals surface area (Å²) < 4.78 is 0.